The van der Waals surface area contributed by atoms with E-state index >= 15 is 0 Å². The SMILES string of the molecule is Cc1ccc(-n2cc(CN3CCN(CC(=O)N(C)C)CC3)c(-c3cccc(C)c3)n2)cc1. The van der Waals surface area contributed by atoms with E-state index in [0.29, 0.717) is 6.54 Å². The third kappa shape index (κ3) is 5.26. The van der Waals surface area contributed by atoms with Gasteiger partial charge in [-0.15, -0.1) is 0 Å². The van der Waals surface area contributed by atoms with Crippen molar-refractivity contribution in [2.24, 2.45) is 0 Å². The Labute approximate surface area is 191 Å². The highest BCUT2D eigenvalue weighted by molar-refractivity contribution is 5.77. The van der Waals surface area contributed by atoms with Gasteiger partial charge in [0.1, 0.15) is 0 Å². The first kappa shape index (κ1) is 22.2. The second-order valence-electron chi connectivity index (χ2n) is 8.99. The number of amides is 1. The van der Waals surface area contributed by atoms with Crippen molar-refractivity contribution in [3.05, 3.63) is 71.4 Å². The van der Waals surface area contributed by atoms with Gasteiger partial charge in [-0.2, -0.15) is 5.10 Å². The Hall–Kier alpha value is -2.96. The summed E-state index contributed by atoms with van der Waals surface area (Å²) in [4.78, 5) is 18.4. The summed E-state index contributed by atoms with van der Waals surface area (Å²) in [5.41, 5.74) is 6.97. The van der Waals surface area contributed by atoms with Crippen LogP contribution in [0, 0.1) is 13.8 Å². The molecule has 2 heterocycles. The van der Waals surface area contributed by atoms with Gasteiger partial charge in [0.15, 0.2) is 0 Å². The smallest absolute Gasteiger partial charge is 0.236 e. The third-order valence-corrected chi connectivity index (χ3v) is 6.10. The number of rotatable bonds is 6. The Bertz CT molecular complexity index is 1060. The minimum absolute atomic E-state index is 0.166. The Morgan fingerprint density at radius 1 is 0.938 bits per heavy atom. The Kier molecular flexibility index (Phi) is 6.72. The normalized spacial score (nSPS) is 15.1. The van der Waals surface area contributed by atoms with Gasteiger partial charge in [-0.25, -0.2) is 4.68 Å². The van der Waals surface area contributed by atoms with Crippen LogP contribution in [0.25, 0.3) is 16.9 Å². The van der Waals surface area contributed by atoms with Crippen LogP contribution in [-0.2, 0) is 11.3 Å². The van der Waals surface area contributed by atoms with Crippen LogP contribution in [-0.4, -0.2) is 77.2 Å². The molecule has 0 radical (unpaired) electrons. The van der Waals surface area contributed by atoms with Crippen LogP contribution in [0.15, 0.2) is 54.7 Å². The van der Waals surface area contributed by atoms with Crippen LogP contribution >= 0.6 is 0 Å². The van der Waals surface area contributed by atoms with E-state index in [1.807, 2.05) is 18.8 Å². The fraction of sp³-hybridized carbons (Fsp3) is 0.385. The maximum absolute atomic E-state index is 12.0. The first-order chi connectivity index (χ1) is 15.4. The van der Waals surface area contributed by atoms with Crippen LogP contribution in [0.3, 0.4) is 0 Å². The molecule has 0 aliphatic carbocycles. The molecule has 1 amide bonds. The van der Waals surface area contributed by atoms with E-state index in [1.54, 1.807) is 4.90 Å². The first-order valence-corrected chi connectivity index (χ1v) is 11.3. The van der Waals surface area contributed by atoms with Gasteiger partial charge in [0, 0.05) is 64.1 Å². The lowest BCUT2D eigenvalue weighted by Gasteiger charge is -2.34. The number of benzene rings is 2. The van der Waals surface area contributed by atoms with Crippen molar-refractivity contribution in [1.82, 2.24) is 24.5 Å². The first-order valence-electron chi connectivity index (χ1n) is 11.3. The summed E-state index contributed by atoms with van der Waals surface area (Å²) >= 11 is 0. The van der Waals surface area contributed by atoms with Crippen molar-refractivity contribution in [3.63, 3.8) is 0 Å². The molecule has 1 aliphatic heterocycles. The van der Waals surface area contributed by atoms with E-state index in [4.69, 9.17) is 5.10 Å². The summed E-state index contributed by atoms with van der Waals surface area (Å²) in [6.45, 7) is 9.28. The lowest BCUT2D eigenvalue weighted by atomic mass is 10.1. The van der Waals surface area contributed by atoms with Crippen molar-refractivity contribution in [2.45, 2.75) is 20.4 Å². The lowest BCUT2D eigenvalue weighted by Crippen LogP contribution is -2.48. The van der Waals surface area contributed by atoms with Crippen LogP contribution in [0.2, 0.25) is 0 Å². The zero-order valence-corrected chi connectivity index (χ0v) is 19.6. The molecule has 0 atom stereocenters. The molecule has 4 rings (SSSR count). The van der Waals surface area contributed by atoms with Gasteiger partial charge in [-0.05, 0) is 32.0 Å². The van der Waals surface area contributed by atoms with Crippen molar-refractivity contribution < 1.29 is 4.79 Å². The van der Waals surface area contributed by atoms with E-state index in [9.17, 15) is 4.79 Å². The van der Waals surface area contributed by atoms with Gasteiger partial charge < -0.3 is 4.90 Å². The highest BCUT2D eigenvalue weighted by Crippen LogP contribution is 2.26. The molecule has 3 aromatic rings. The summed E-state index contributed by atoms with van der Waals surface area (Å²) in [6, 6.07) is 17.0. The number of carbonyl (C=O) groups excluding carboxylic acids is 1. The number of hydrogen-bond donors (Lipinski definition) is 0. The Morgan fingerprint density at radius 2 is 1.62 bits per heavy atom. The number of aromatic nitrogens is 2. The van der Waals surface area contributed by atoms with Crippen molar-refractivity contribution in [3.8, 4) is 16.9 Å². The van der Waals surface area contributed by atoms with Gasteiger partial charge in [0.25, 0.3) is 0 Å². The molecule has 0 bridgehead atoms. The highest BCUT2D eigenvalue weighted by atomic mass is 16.2. The number of hydrogen-bond acceptors (Lipinski definition) is 4. The quantitative estimate of drug-likeness (QED) is 0.600. The minimum atomic E-state index is 0.166. The third-order valence-electron chi connectivity index (χ3n) is 6.10. The zero-order chi connectivity index (χ0) is 22.7. The van der Waals surface area contributed by atoms with E-state index in [1.165, 1.54) is 16.7 Å². The average molecular weight is 432 g/mol. The van der Waals surface area contributed by atoms with Crippen molar-refractivity contribution >= 4 is 5.91 Å². The highest BCUT2D eigenvalue weighted by Gasteiger charge is 2.22. The molecular formula is C26H33N5O. The van der Waals surface area contributed by atoms with E-state index in [2.05, 4.69) is 78.4 Å². The number of piperazine rings is 1. The Balaban J connectivity index is 1.53. The second-order valence-corrected chi connectivity index (χ2v) is 8.99. The molecule has 1 fully saturated rings. The maximum atomic E-state index is 12.0. The van der Waals surface area contributed by atoms with Crippen LogP contribution < -0.4 is 0 Å². The molecule has 2 aromatic carbocycles. The predicted molar refractivity (Wildman–Crippen MR) is 129 cm³/mol. The summed E-state index contributed by atoms with van der Waals surface area (Å²) in [7, 11) is 3.63. The second kappa shape index (κ2) is 9.67. The molecule has 1 saturated heterocycles. The molecule has 168 valence electrons. The van der Waals surface area contributed by atoms with Crippen LogP contribution in [0.4, 0.5) is 0 Å². The Morgan fingerprint density at radius 3 is 2.28 bits per heavy atom. The predicted octanol–water partition coefficient (Wildman–Crippen LogP) is 3.36. The van der Waals surface area contributed by atoms with Gasteiger partial charge in [-0.3, -0.25) is 14.6 Å². The van der Waals surface area contributed by atoms with Gasteiger partial charge in [0.05, 0.1) is 17.9 Å². The lowest BCUT2D eigenvalue weighted by molar-refractivity contribution is -0.130. The number of carbonyl (C=O) groups is 1. The summed E-state index contributed by atoms with van der Waals surface area (Å²) < 4.78 is 2.00. The average Bonchev–Trinajstić information content (AvgIpc) is 3.19. The molecule has 32 heavy (non-hydrogen) atoms. The fourth-order valence-corrected chi connectivity index (χ4v) is 4.07. The monoisotopic (exact) mass is 431 g/mol. The summed E-state index contributed by atoms with van der Waals surface area (Å²) in [6.07, 6.45) is 2.17. The van der Waals surface area contributed by atoms with Crippen LogP contribution in [0.5, 0.6) is 0 Å². The van der Waals surface area contributed by atoms with Crippen molar-refractivity contribution in [1.29, 1.82) is 0 Å². The molecule has 1 aromatic heterocycles. The maximum Gasteiger partial charge on any atom is 0.236 e. The van der Waals surface area contributed by atoms with Gasteiger partial charge in [0.2, 0.25) is 5.91 Å². The summed E-state index contributed by atoms with van der Waals surface area (Å²) in [5, 5.41) is 4.99. The molecule has 6 heteroatoms. The topological polar surface area (TPSA) is 44.6 Å². The van der Waals surface area contributed by atoms with Gasteiger partial charge in [-0.1, -0.05) is 41.5 Å². The molecule has 0 saturated carbocycles. The molecule has 0 N–H and O–H groups in total. The van der Waals surface area contributed by atoms with E-state index in [0.717, 1.165) is 49.7 Å². The molecule has 6 nitrogen and oxygen atoms in total. The molecule has 1 aliphatic rings. The molecule has 0 unspecified atom stereocenters. The number of aryl methyl sites for hydroxylation is 2. The van der Waals surface area contributed by atoms with Gasteiger partial charge >= 0.3 is 0 Å². The number of likely N-dealkylation sites (N-methyl/N-ethyl adjacent to an activating group) is 1. The standard InChI is InChI=1S/C26H33N5O/c1-20-8-10-24(11-9-20)31-18-23(26(27-31)22-7-5-6-21(2)16-22)17-29-12-14-30(15-13-29)19-25(32)28(3)4/h5-11,16,18H,12-15,17,19H2,1-4H3. The molecular weight excluding hydrogens is 398 g/mol. The van der Waals surface area contributed by atoms with E-state index < -0.39 is 0 Å². The molecule has 0 spiro atoms. The largest absolute Gasteiger partial charge is 0.348 e. The minimum Gasteiger partial charge on any atom is -0.348 e. The van der Waals surface area contributed by atoms with Crippen LogP contribution in [0.1, 0.15) is 16.7 Å². The zero-order valence-electron chi connectivity index (χ0n) is 19.6. The summed E-state index contributed by atoms with van der Waals surface area (Å²) in [5.74, 6) is 0.166. The van der Waals surface area contributed by atoms with Crippen molar-refractivity contribution in [2.75, 3.05) is 46.8 Å². The van der Waals surface area contributed by atoms with E-state index in [-0.39, 0.29) is 5.91 Å². The number of nitrogens with zero attached hydrogens (tertiary/aromatic N) is 5. The fourth-order valence-electron chi connectivity index (χ4n) is 4.07.